The maximum absolute atomic E-state index is 6.03. The summed E-state index contributed by atoms with van der Waals surface area (Å²) in [5, 5.41) is 0.277. The minimum Gasteiger partial charge on any atom is -0.372 e. The standard InChI is InChI=1S/C12H19ClO/c1-12(2)6-5-11(14-12)8-9-3-4-10(13)7-9/h7,10-11H,3-6,8H2,1-2H3. The number of hydrogen-bond acceptors (Lipinski definition) is 1. The Kier molecular flexibility index (Phi) is 2.90. The lowest BCUT2D eigenvalue weighted by Gasteiger charge is -2.19. The molecule has 0 N–H and O–H groups in total. The molecule has 2 rings (SSSR count). The van der Waals surface area contributed by atoms with Crippen LogP contribution in [0.1, 0.15) is 46.0 Å². The van der Waals surface area contributed by atoms with Gasteiger partial charge in [0.05, 0.1) is 17.1 Å². The van der Waals surface area contributed by atoms with Crippen molar-refractivity contribution in [1.82, 2.24) is 0 Å². The van der Waals surface area contributed by atoms with Crippen LogP contribution in [-0.4, -0.2) is 17.1 Å². The number of alkyl halides is 1. The van der Waals surface area contributed by atoms with Gasteiger partial charge in [-0.25, -0.2) is 0 Å². The Hall–Kier alpha value is -0.0100. The molecule has 0 bridgehead atoms. The zero-order valence-corrected chi connectivity index (χ0v) is 9.81. The minimum absolute atomic E-state index is 0.101. The molecule has 14 heavy (non-hydrogen) atoms. The summed E-state index contributed by atoms with van der Waals surface area (Å²) in [5.41, 5.74) is 1.61. The van der Waals surface area contributed by atoms with Crippen molar-refractivity contribution in [2.45, 2.75) is 63.0 Å². The van der Waals surface area contributed by atoms with Crippen LogP contribution in [-0.2, 0) is 4.74 Å². The van der Waals surface area contributed by atoms with Crippen LogP contribution in [0.15, 0.2) is 11.6 Å². The van der Waals surface area contributed by atoms with E-state index >= 15 is 0 Å². The van der Waals surface area contributed by atoms with Crippen molar-refractivity contribution in [2.24, 2.45) is 0 Å². The maximum atomic E-state index is 6.03. The van der Waals surface area contributed by atoms with Gasteiger partial charge in [0.25, 0.3) is 0 Å². The van der Waals surface area contributed by atoms with Gasteiger partial charge >= 0.3 is 0 Å². The van der Waals surface area contributed by atoms with Crippen molar-refractivity contribution in [3.63, 3.8) is 0 Å². The lowest BCUT2D eigenvalue weighted by molar-refractivity contribution is -0.0146. The van der Waals surface area contributed by atoms with Gasteiger partial charge in [-0.3, -0.25) is 0 Å². The summed E-state index contributed by atoms with van der Waals surface area (Å²) in [6.07, 6.45) is 8.45. The van der Waals surface area contributed by atoms with Gasteiger partial charge in [0.2, 0.25) is 0 Å². The molecular weight excluding hydrogens is 196 g/mol. The Morgan fingerprint density at radius 2 is 2.29 bits per heavy atom. The molecule has 0 aromatic rings. The summed E-state index contributed by atoms with van der Waals surface area (Å²) >= 11 is 6.03. The van der Waals surface area contributed by atoms with E-state index in [1.807, 2.05) is 0 Å². The maximum Gasteiger partial charge on any atom is 0.0631 e. The van der Waals surface area contributed by atoms with E-state index in [1.54, 1.807) is 0 Å². The van der Waals surface area contributed by atoms with E-state index in [9.17, 15) is 0 Å². The molecule has 1 aliphatic heterocycles. The average molecular weight is 215 g/mol. The van der Waals surface area contributed by atoms with Crippen LogP contribution >= 0.6 is 11.6 Å². The van der Waals surface area contributed by atoms with E-state index in [0.29, 0.717) is 6.10 Å². The number of rotatable bonds is 2. The van der Waals surface area contributed by atoms with Crippen molar-refractivity contribution in [3.05, 3.63) is 11.6 Å². The fraction of sp³-hybridized carbons (Fsp3) is 0.833. The molecule has 2 atom stereocenters. The third kappa shape index (κ3) is 2.52. The van der Waals surface area contributed by atoms with Gasteiger partial charge in [0.15, 0.2) is 0 Å². The smallest absolute Gasteiger partial charge is 0.0631 e. The fourth-order valence-corrected chi connectivity index (χ4v) is 2.72. The molecule has 1 fully saturated rings. The molecule has 0 aromatic heterocycles. The third-order valence-electron chi connectivity index (χ3n) is 3.20. The van der Waals surface area contributed by atoms with Crippen molar-refractivity contribution < 1.29 is 4.74 Å². The Morgan fingerprint density at radius 3 is 2.79 bits per heavy atom. The number of hydrogen-bond donors (Lipinski definition) is 0. The zero-order chi connectivity index (χ0) is 10.2. The summed E-state index contributed by atoms with van der Waals surface area (Å²) in [4.78, 5) is 0. The van der Waals surface area contributed by atoms with E-state index < -0.39 is 0 Å². The van der Waals surface area contributed by atoms with E-state index in [0.717, 1.165) is 12.8 Å². The molecule has 1 saturated heterocycles. The Bertz CT molecular complexity index is 245. The van der Waals surface area contributed by atoms with Crippen LogP contribution in [0.4, 0.5) is 0 Å². The van der Waals surface area contributed by atoms with E-state index in [4.69, 9.17) is 16.3 Å². The summed E-state index contributed by atoms with van der Waals surface area (Å²) in [5.74, 6) is 0. The zero-order valence-electron chi connectivity index (χ0n) is 9.05. The molecule has 1 aliphatic carbocycles. The van der Waals surface area contributed by atoms with Crippen molar-refractivity contribution >= 4 is 11.6 Å². The molecule has 1 nitrogen and oxygen atoms in total. The highest BCUT2D eigenvalue weighted by Gasteiger charge is 2.32. The first kappa shape index (κ1) is 10.5. The Labute approximate surface area is 91.5 Å². The summed E-state index contributed by atoms with van der Waals surface area (Å²) in [7, 11) is 0. The van der Waals surface area contributed by atoms with Crippen LogP contribution in [0.2, 0.25) is 0 Å². The topological polar surface area (TPSA) is 9.23 Å². The number of ether oxygens (including phenoxy) is 1. The van der Waals surface area contributed by atoms with Crippen LogP contribution in [0, 0.1) is 0 Å². The first-order valence-corrected chi connectivity index (χ1v) is 6.00. The van der Waals surface area contributed by atoms with Crippen molar-refractivity contribution in [2.75, 3.05) is 0 Å². The lowest BCUT2D eigenvalue weighted by Crippen LogP contribution is -2.20. The highest BCUT2D eigenvalue weighted by molar-refractivity contribution is 6.22. The predicted octanol–water partition coefficient (Wildman–Crippen LogP) is 3.66. The lowest BCUT2D eigenvalue weighted by atomic mass is 10.0. The summed E-state index contributed by atoms with van der Waals surface area (Å²) in [6, 6.07) is 0. The van der Waals surface area contributed by atoms with Gasteiger partial charge in [-0.2, -0.15) is 0 Å². The molecule has 2 heteroatoms. The molecule has 80 valence electrons. The fourth-order valence-electron chi connectivity index (χ4n) is 2.43. The third-order valence-corrected chi connectivity index (χ3v) is 3.55. The molecule has 0 aromatic carbocycles. The summed E-state index contributed by atoms with van der Waals surface area (Å²) < 4.78 is 5.96. The molecule has 0 spiro atoms. The monoisotopic (exact) mass is 214 g/mol. The number of halogens is 1. The second-order valence-corrected chi connectivity index (χ2v) is 5.68. The van der Waals surface area contributed by atoms with Gasteiger partial charge in [-0.15, -0.1) is 11.6 Å². The quantitative estimate of drug-likeness (QED) is 0.504. The largest absolute Gasteiger partial charge is 0.372 e. The van der Waals surface area contributed by atoms with Crippen LogP contribution < -0.4 is 0 Å². The Balaban J connectivity index is 1.85. The predicted molar refractivity (Wildman–Crippen MR) is 59.8 cm³/mol. The highest BCUT2D eigenvalue weighted by atomic mass is 35.5. The molecule has 2 aliphatic rings. The van der Waals surface area contributed by atoms with E-state index in [2.05, 4.69) is 19.9 Å². The molecule has 0 radical (unpaired) electrons. The number of allylic oxidation sites excluding steroid dienone is 1. The van der Waals surface area contributed by atoms with Gasteiger partial charge < -0.3 is 4.74 Å². The van der Waals surface area contributed by atoms with Gasteiger partial charge in [0.1, 0.15) is 0 Å². The van der Waals surface area contributed by atoms with Crippen molar-refractivity contribution in [1.29, 1.82) is 0 Å². The molecule has 0 amide bonds. The average Bonchev–Trinajstić information content (AvgIpc) is 2.59. The van der Waals surface area contributed by atoms with E-state index in [1.165, 1.54) is 24.8 Å². The van der Waals surface area contributed by atoms with Crippen LogP contribution in [0.5, 0.6) is 0 Å². The second-order valence-electron chi connectivity index (χ2n) is 5.12. The highest BCUT2D eigenvalue weighted by Crippen LogP contribution is 2.35. The molecular formula is C12H19ClO. The second kappa shape index (κ2) is 3.86. The SMILES string of the molecule is CC1(C)CCC(CC2=CC(Cl)CC2)O1. The van der Waals surface area contributed by atoms with Crippen LogP contribution in [0.3, 0.4) is 0 Å². The normalized spacial score (nSPS) is 36.1. The van der Waals surface area contributed by atoms with Crippen molar-refractivity contribution in [3.8, 4) is 0 Å². The Morgan fingerprint density at radius 1 is 1.50 bits per heavy atom. The van der Waals surface area contributed by atoms with E-state index in [-0.39, 0.29) is 11.0 Å². The summed E-state index contributed by atoms with van der Waals surface area (Å²) in [6.45, 7) is 4.36. The van der Waals surface area contributed by atoms with Gasteiger partial charge in [0, 0.05) is 0 Å². The van der Waals surface area contributed by atoms with Crippen LogP contribution in [0.25, 0.3) is 0 Å². The molecule has 0 saturated carbocycles. The first-order valence-electron chi connectivity index (χ1n) is 5.57. The molecule has 2 unspecified atom stereocenters. The van der Waals surface area contributed by atoms with Gasteiger partial charge in [-0.05, 0) is 46.0 Å². The first-order chi connectivity index (χ1) is 6.55. The van der Waals surface area contributed by atoms with Gasteiger partial charge in [-0.1, -0.05) is 11.6 Å². The minimum atomic E-state index is 0.101. The molecule has 1 heterocycles.